The van der Waals surface area contributed by atoms with Crippen LogP contribution in [0.2, 0.25) is 0 Å². The van der Waals surface area contributed by atoms with Crippen LogP contribution in [0.5, 0.6) is 0 Å². The van der Waals surface area contributed by atoms with Gasteiger partial charge in [-0.25, -0.2) is 4.39 Å². The molecule has 1 aromatic carbocycles. The van der Waals surface area contributed by atoms with E-state index in [0.29, 0.717) is 5.56 Å². The molecule has 1 aromatic rings. The Morgan fingerprint density at radius 1 is 1.41 bits per heavy atom. The van der Waals surface area contributed by atoms with Gasteiger partial charge in [0.05, 0.1) is 11.3 Å². The third-order valence-corrected chi connectivity index (χ3v) is 2.12. The van der Waals surface area contributed by atoms with Crippen LogP contribution in [0.3, 0.4) is 0 Å². The highest BCUT2D eigenvalue weighted by Gasteiger charge is 2.14. The van der Waals surface area contributed by atoms with Gasteiger partial charge in [-0.1, -0.05) is 12.1 Å². The fourth-order valence-corrected chi connectivity index (χ4v) is 1.25. The van der Waals surface area contributed by atoms with Crippen LogP contribution in [0.1, 0.15) is 26.3 Å². The Balaban J connectivity index is 2.63. The first-order valence-corrected chi connectivity index (χ1v) is 5.48. The van der Waals surface area contributed by atoms with Gasteiger partial charge >= 0.3 is 0 Å². The normalized spacial score (nSPS) is 11.4. The molecule has 17 heavy (non-hydrogen) atoms. The lowest BCUT2D eigenvalue weighted by atomic mass is 10.2. The van der Waals surface area contributed by atoms with E-state index >= 15 is 0 Å². The number of rotatable bonds is 3. The fourth-order valence-electron chi connectivity index (χ4n) is 1.25. The largest absolute Gasteiger partial charge is 0.366 e. The number of nitrogens with one attached hydrogen (secondary N) is 1. The Kier molecular flexibility index (Phi) is 4.23. The number of carbonyl (C=O) groups is 1. The van der Waals surface area contributed by atoms with Gasteiger partial charge in [-0.05, 0) is 39.3 Å². The number of ether oxygens (including phenoxy) is 1. The topological polar surface area (TPSA) is 38.3 Å². The van der Waals surface area contributed by atoms with E-state index < -0.39 is 5.82 Å². The van der Waals surface area contributed by atoms with Crippen LogP contribution in [0.4, 0.5) is 10.1 Å². The minimum Gasteiger partial charge on any atom is -0.366 e. The molecule has 0 atom stereocenters. The highest BCUT2D eigenvalue weighted by Crippen LogP contribution is 2.18. The van der Waals surface area contributed by atoms with E-state index in [-0.39, 0.29) is 23.8 Å². The van der Waals surface area contributed by atoms with Crippen molar-refractivity contribution in [1.29, 1.82) is 0 Å². The summed E-state index contributed by atoms with van der Waals surface area (Å²) in [6, 6.07) is 4.66. The molecule has 0 unspecified atom stereocenters. The molecule has 3 nitrogen and oxygen atoms in total. The summed E-state index contributed by atoms with van der Waals surface area (Å²) >= 11 is 0. The summed E-state index contributed by atoms with van der Waals surface area (Å²) in [5.74, 6) is -0.790. The number of hydrogen-bond donors (Lipinski definition) is 1. The summed E-state index contributed by atoms with van der Waals surface area (Å²) < 4.78 is 18.7. The van der Waals surface area contributed by atoms with E-state index in [4.69, 9.17) is 4.74 Å². The summed E-state index contributed by atoms with van der Waals surface area (Å²) in [6.07, 6.45) is 0. The van der Waals surface area contributed by atoms with E-state index in [1.54, 1.807) is 19.1 Å². The number of aryl methyl sites for hydroxylation is 1. The van der Waals surface area contributed by atoms with Crippen molar-refractivity contribution in [3.63, 3.8) is 0 Å². The molecule has 0 aliphatic rings. The van der Waals surface area contributed by atoms with Crippen LogP contribution in [0, 0.1) is 12.7 Å². The second kappa shape index (κ2) is 5.27. The Bertz CT molecular complexity index is 390. The van der Waals surface area contributed by atoms with Gasteiger partial charge in [-0.2, -0.15) is 0 Å². The van der Waals surface area contributed by atoms with Crippen LogP contribution < -0.4 is 5.32 Å². The van der Waals surface area contributed by atoms with E-state index in [1.165, 1.54) is 6.07 Å². The van der Waals surface area contributed by atoms with E-state index in [0.717, 1.165) is 0 Å². The summed E-state index contributed by atoms with van der Waals surface area (Å²) in [4.78, 5) is 11.6. The summed E-state index contributed by atoms with van der Waals surface area (Å²) in [5, 5.41) is 2.51. The van der Waals surface area contributed by atoms with Crippen LogP contribution in [0.25, 0.3) is 0 Å². The molecule has 0 aliphatic heterocycles. The first kappa shape index (κ1) is 13.6. The SMILES string of the molecule is Cc1cccc(F)c1NC(=O)COC(C)(C)C. The summed E-state index contributed by atoms with van der Waals surface area (Å²) in [7, 11) is 0. The third-order valence-electron chi connectivity index (χ3n) is 2.12. The second-order valence-corrected chi connectivity index (χ2v) is 4.88. The molecule has 4 heteroatoms. The molecule has 1 N–H and O–H groups in total. The van der Waals surface area contributed by atoms with E-state index in [9.17, 15) is 9.18 Å². The predicted octanol–water partition coefficient (Wildman–Crippen LogP) is 2.89. The number of benzene rings is 1. The molecular weight excluding hydrogens is 221 g/mol. The molecule has 0 fully saturated rings. The van der Waals surface area contributed by atoms with E-state index in [1.807, 2.05) is 20.8 Å². The van der Waals surface area contributed by atoms with Crippen molar-refractivity contribution >= 4 is 11.6 Å². The Labute approximate surface area is 101 Å². The lowest BCUT2D eigenvalue weighted by Crippen LogP contribution is -2.27. The smallest absolute Gasteiger partial charge is 0.250 e. The van der Waals surface area contributed by atoms with Gasteiger partial charge in [0.25, 0.3) is 0 Å². The zero-order valence-electron chi connectivity index (χ0n) is 10.6. The third kappa shape index (κ3) is 4.53. The average Bonchev–Trinajstić information content (AvgIpc) is 2.20. The first-order chi connectivity index (χ1) is 7.79. The molecule has 1 rings (SSSR count). The maximum Gasteiger partial charge on any atom is 0.250 e. The van der Waals surface area contributed by atoms with Gasteiger partial charge in [-0.15, -0.1) is 0 Å². The lowest BCUT2D eigenvalue weighted by Gasteiger charge is -2.19. The van der Waals surface area contributed by atoms with Crippen LogP contribution >= 0.6 is 0 Å². The van der Waals surface area contributed by atoms with Gasteiger partial charge in [0.2, 0.25) is 5.91 Å². The van der Waals surface area contributed by atoms with E-state index in [2.05, 4.69) is 5.32 Å². The molecule has 0 saturated heterocycles. The van der Waals surface area contributed by atoms with Crippen molar-refractivity contribution in [3.8, 4) is 0 Å². The van der Waals surface area contributed by atoms with Crippen LogP contribution in [-0.4, -0.2) is 18.1 Å². The Hall–Kier alpha value is -1.42. The van der Waals surface area contributed by atoms with Crippen molar-refractivity contribution in [3.05, 3.63) is 29.6 Å². The average molecular weight is 239 g/mol. The standard InChI is InChI=1S/C13H18FNO2/c1-9-6-5-7-10(14)12(9)15-11(16)8-17-13(2,3)4/h5-7H,8H2,1-4H3,(H,15,16). The maximum atomic E-state index is 13.4. The zero-order chi connectivity index (χ0) is 13.1. The second-order valence-electron chi connectivity index (χ2n) is 4.88. The minimum atomic E-state index is -0.436. The van der Waals surface area contributed by atoms with Gasteiger partial charge in [0.1, 0.15) is 12.4 Å². The molecule has 1 amide bonds. The fraction of sp³-hybridized carbons (Fsp3) is 0.462. The quantitative estimate of drug-likeness (QED) is 0.880. The van der Waals surface area contributed by atoms with Gasteiger partial charge in [-0.3, -0.25) is 4.79 Å². The Morgan fingerprint density at radius 3 is 2.59 bits per heavy atom. The molecular formula is C13H18FNO2. The highest BCUT2D eigenvalue weighted by molar-refractivity contribution is 5.92. The number of hydrogen-bond acceptors (Lipinski definition) is 2. The molecule has 0 bridgehead atoms. The van der Waals surface area contributed by atoms with Gasteiger partial charge < -0.3 is 10.1 Å². The summed E-state index contributed by atoms with van der Waals surface area (Å²) in [5.41, 5.74) is 0.519. The number of carbonyl (C=O) groups excluding carboxylic acids is 1. The van der Waals surface area contributed by atoms with Gasteiger partial charge in [0.15, 0.2) is 0 Å². The molecule has 0 aliphatic carbocycles. The highest BCUT2D eigenvalue weighted by atomic mass is 19.1. The molecule has 0 aromatic heterocycles. The van der Waals surface area contributed by atoms with Crippen molar-refractivity contribution < 1.29 is 13.9 Å². The molecule has 0 spiro atoms. The zero-order valence-corrected chi connectivity index (χ0v) is 10.6. The minimum absolute atomic E-state index is 0.0860. The molecule has 0 saturated carbocycles. The monoisotopic (exact) mass is 239 g/mol. The Morgan fingerprint density at radius 2 is 2.06 bits per heavy atom. The van der Waals surface area contributed by atoms with Crippen molar-refractivity contribution in [2.45, 2.75) is 33.3 Å². The first-order valence-electron chi connectivity index (χ1n) is 5.48. The summed E-state index contributed by atoms with van der Waals surface area (Å²) in [6.45, 7) is 7.22. The van der Waals surface area contributed by atoms with Crippen molar-refractivity contribution in [2.75, 3.05) is 11.9 Å². The van der Waals surface area contributed by atoms with Crippen molar-refractivity contribution in [1.82, 2.24) is 0 Å². The number of halogens is 1. The lowest BCUT2D eigenvalue weighted by molar-refractivity contribution is -0.125. The predicted molar refractivity (Wildman–Crippen MR) is 65.5 cm³/mol. The van der Waals surface area contributed by atoms with Gasteiger partial charge in [0, 0.05) is 0 Å². The molecule has 94 valence electrons. The molecule has 0 radical (unpaired) electrons. The molecule has 0 heterocycles. The van der Waals surface area contributed by atoms with Crippen LogP contribution in [0.15, 0.2) is 18.2 Å². The van der Waals surface area contributed by atoms with Crippen molar-refractivity contribution in [2.24, 2.45) is 0 Å². The maximum absolute atomic E-state index is 13.4. The van der Waals surface area contributed by atoms with Crippen LogP contribution in [-0.2, 0) is 9.53 Å². The number of amides is 1. The number of anilines is 1. The number of para-hydroxylation sites is 1.